The van der Waals surface area contributed by atoms with Crippen molar-refractivity contribution < 1.29 is 28.6 Å². The highest BCUT2D eigenvalue weighted by atomic mass is 16.6. The first-order chi connectivity index (χ1) is 19.9. The van der Waals surface area contributed by atoms with Crippen LogP contribution in [0.1, 0.15) is 87.3 Å². The van der Waals surface area contributed by atoms with Gasteiger partial charge in [0.2, 0.25) is 0 Å². The number of pyridine rings is 1. The average Bonchev–Trinajstić information content (AvgIpc) is 3.38. The summed E-state index contributed by atoms with van der Waals surface area (Å²) in [6, 6.07) is 11.8. The third-order valence-electron chi connectivity index (χ3n) is 6.92. The predicted molar refractivity (Wildman–Crippen MR) is 163 cm³/mol. The highest BCUT2D eigenvalue weighted by molar-refractivity contribution is 5.88. The standard InChI is InChI=1S/C33H44N4O6/c1-30(2,3)41-27(38)33(25-20-36(21-34-25)26-17-16-22-13-10-11-15-24(22)35-26)19-23(33)14-12-18-37(28(39)42-31(4,5)6)29(40)43-32(7,8)9/h10-11,13,15-17,20-21,23H,12,14,18-19H2,1-9H3/t23-,33+/m0/s1. The Bertz CT molecular complexity index is 1470. The predicted octanol–water partition coefficient (Wildman–Crippen LogP) is 6.97. The van der Waals surface area contributed by atoms with Crippen molar-refractivity contribution in [2.45, 2.75) is 104 Å². The molecule has 0 radical (unpaired) electrons. The number of carbonyl (C=O) groups excluding carboxylic acids is 3. The van der Waals surface area contributed by atoms with E-state index in [1.807, 2.05) is 67.9 Å². The quantitative estimate of drug-likeness (QED) is 0.213. The summed E-state index contributed by atoms with van der Waals surface area (Å²) in [5, 5.41) is 1.03. The molecule has 10 heteroatoms. The summed E-state index contributed by atoms with van der Waals surface area (Å²) >= 11 is 0. The minimum atomic E-state index is -0.932. The maximum Gasteiger partial charge on any atom is 0.419 e. The van der Waals surface area contributed by atoms with Crippen LogP contribution < -0.4 is 0 Å². The van der Waals surface area contributed by atoms with E-state index in [2.05, 4.69) is 4.98 Å². The first kappa shape index (κ1) is 32.0. The lowest BCUT2D eigenvalue weighted by atomic mass is 9.97. The third-order valence-corrected chi connectivity index (χ3v) is 6.92. The van der Waals surface area contributed by atoms with Gasteiger partial charge in [0.05, 0.1) is 11.2 Å². The zero-order chi connectivity index (χ0) is 31.8. The summed E-state index contributed by atoms with van der Waals surface area (Å²) in [7, 11) is 0. The van der Waals surface area contributed by atoms with Gasteiger partial charge < -0.3 is 14.2 Å². The molecule has 1 fully saturated rings. The second-order valence-corrected chi connectivity index (χ2v) is 14.2. The number of hydrogen-bond donors (Lipinski definition) is 0. The van der Waals surface area contributed by atoms with Crippen molar-refractivity contribution in [3.8, 4) is 5.82 Å². The smallest absolute Gasteiger partial charge is 0.419 e. The van der Waals surface area contributed by atoms with Crippen molar-refractivity contribution in [1.29, 1.82) is 0 Å². The van der Waals surface area contributed by atoms with E-state index in [0.717, 1.165) is 15.8 Å². The van der Waals surface area contributed by atoms with Gasteiger partial charge in [-0.15, -0.1) is 0 Å². The van der Waals surface area contributed by atoms with E-state index in [0.29, 0.717) is 30.8 Å². The van der Waals surface area contributed by atoms with Crippen LogP contribution >= 0.6 is 0 Å². The van der Waals surface area contributed by atoms with E-state index in [4.69, 9.17) is 19.2 Å². The molecular formula is C33H44N4O6. The Hall–Kier alpha value is -3.95. The Balaban J connectivity index is 1.54. The van der Waals surface area contributed by atoms with Crippen molar-refractivity contribution >= 4 is 29.1 Å². The van der Waals surface area contributed by atoms with Crippen LogP contribution in [0, 0.1) is 5.92 Å². The molecular weight excluding hydrogens is 548 g/mol. The number of rotatable bonds is 7. The normalized spacial score (nSPS) is 18.7. The second kappa shape index (κ2) is 11.6. The van der Waals surface area contributed by atoms with Gasteiger partial charge in [-0.25, -0.2) is 24.5 Å². The van der Waals surface area contributed by atoms with Crippen LogP contribution in [0.25, 0.3) is 16.7 Å². The number of imidazole rings is 1. The molecule has 0 bridgehead atoms. The lowest BCUT2D eigenvalue weighted by molar-refractivity contribution is -0.158. The lowest BCUT2D eigenvalue weighted by Crippen LogP contribution is -2.44. The Morgan fingerprint density at radius 2 is 1.49 bits per heavy atom. The summed E-state index contributed by atoms with van der Waals surface area (Å²) < 4.78 is 18.6. The Kier molecular flexibility index (Phi) is 8.64. The maximum absolute atomic E-state index is 13.7. The van der Waals surface area contributed by atoms with Crippen LogP contribution in [0.15, 0.2) is 48.9 Å². The zero-order valence-electron chi connectivity index (χ0n) is 26.8. The summed E-state index contributed by atoms with van der Waals surface area (Å²) in [6.07, 6.45) is 3.52. The van der Waals surface area contributed by atoms with Crippen molar-refractivity contribution in [3.63, 3.8) is 0 Å². The van der Waals surface area contributed by atoms with Gasteiger partial charge in [-0.3, -0.25) is 9.36 Å². The summed E-state index contributed by atoms with van der Waals surface area (Å²) in [5.41, 5.74) is -1.70. The Morgan fingerprint density at radius 1 is 0.884 bits per heavy atom. The highest BCUT2D eigenvalue weighted by Crippen LogP contribution is 2.57. The number of hydrogen-bond acceptors (Lipinski definition) is 8. The molecule has 0 spiro atoms. The molecule has 2 amide bonds. The van der Waals surface area contributed by atoms with E-state index < -0.39 is 34.4 Å². The Labute approximate surface area is 253 Å². The van der Waals surface area contributed by atoms with Gasteiger partial charge in [-0.1, -0.05) is 18.2 Å². The molecule has 1 aliphatic rings. The van der Waals surface area contributed by atoms with Gasteiger partial charge in [0.15, 0.2) is 0 Å². The molecule has 10 nitrogen and oxygen atoms in total. The molecule has 2 atom stereocenters. The third kappa shape index (κ3) is 7.91. The van der Waals surface area contributed by atoms with Gasteiger partial charge in [-0.05, 0) is 106 Å². The molecule has 0 unspecified atom stereocenters. The number of para-hydroxylation sites is 1. The van der Waals surface area contributed by atoms with Gasteiger partial charge in [0.1, 0.15) is 34.4 Å². The van der Waals surface area contributed by atoms with Crippen molar-refractivity contribution in [2.24, 2.45) is 5.92 Å². The largest absolute Gasteiger partial charge is 0.459 e. The summed E-state index contributed by atoms with van der Waals surface area (Å²) in [6.45, 7) is 16.0. The fourth-order valence-corrected chi connectivity index (χ4v) is 4.98. The molecule has 2 heterocycles. The first-order valence-corrected chi connectivity index (χ1v) is 14.8. The van der Waals surface area contributed by atoms with E-state index in [1.54, 1.807) is 47.9 Å². The number of esters is 1. The van der Waals surface area contributed by atoms with Gasteiger partial charge >= 0.3 is 18.2 Å². The number of benzene rings is 1. The maximum atomic E-state index is 13.7. The van der Waals surface area contributed by atoms with Gasteiger partial charge in [-0.2, -0.15) is 0 Å². The average molecular weight is 593 g/mol. The topological polar surface area (TPSA) is 113 Å². The second-order valence-electron chi connectivity index (χ2n) is 14.2. The van der Waals surface area contributed by atoms with Crippen molar-refractivity contribution in [2.75, 3.05) is 6.54 Å². The molecule has 4 rings (SSSR count). The minimum Gasteiger partial charge on any atom is -0.459 e. The SMILES string of the molecule is CC(C)(C)OC(=O)N(CCC[C@H]1C[C@]1(C(=O)OC(C)(C)C)c1cn(-c2ccc3ccccc3n2)cn1)C(=O)OC(C)(C)C. The summed E-state index contributed by atoms with van der Waals surface area (Å²) in [5.74, 6) is 0.270. The number of aromatic nitrogens is 3. The number of fused-ring (bicyclic) bond motifs is 1. The van der Waals surface area contributed by atoms with Crippen molar-refractivity contribution in [3.05, 3.63) is 54.6 Å². The molecule has 2 aromatic heterocycles. The molecule has 0 saturated heterocycles. The van der Waals surface area contributed by atoms with Gasteiger partial charge in [0, 0.05) is 18.1 Å². The van der Waals surface area contributed by atoms with Crippen molar-refractivity contribution in [1.82, 2.24) is 19.4 Å². The lowest BCUT2D eigenvalue weighted by Gasteiger charge is -2.28. The Morgan fingerprint density at radius 3 is 2.09 bits per heavy atom. The zero-order valence-corrected chi connectivity index (χ0v) is 26.8. The van der Waals surface area contributed by atoms with E-state index in [1.165, 1.54) is 0 Å². The monoisotopic (exact) mass is 592 g/mol. The van der Waals surface area contributed by atoms with Crippen LogP contribution in [0.2, 0.25) is 0 Å². The number of imide groups is 1. The fraction of sp³-hybridized carbons (Fsp3) is 0.545. The number of nitrogens with zero attached hydrogens (tertiary/aromatic N) is 4. The van der Waals surface area contributed by atoms with E-state index in [9.17, 15) is 14.4 Å². The molecule has 1 aromatic carbocycles. The molecule has 232 valence electrons. The van der Waals surface area contributed by atoms with Crippen LogP contribution in [-0.2, 0) is 24.4 Å². The molecule has 1 saturated carbocycles. The molecule has 3 aromatic rings. The number of amides is 2. The molecule has 0 N–H and O–H groups in total. The number of ether oxygens (including phenoxy) is 3. The molecule has 1 aliphatic carbocycles. The summed E-state index contributed by atoms with van der Waals surface area (Å²) in [4.78, 5) is 49.9. The van der Waals surface area contributed by atoms with Crippen LogP contribution in [0.5, 0.6) is 0 Å². The number of carbonyl (C=O) groups is 3. The molecule has 43 heavy (non-hydrogen) atoms. The molecule has 0 aliphatic heterocycles. The van der Waals surface area contributed by atoms with Crippen LogP contribution in [-0.4, -0.2) is 60.9 Å². The first-order valence-electron chi connectivity index (χ1n) is 14.8. The van der Waals surface area contributed by atoms with Gasteiger partial charge in [0.25, 0.3) is 0 Å². The van der Waals surface area contributed by atoms with Crippen LogP contribution in [0.4, 0.5) is 9.59 Å². The van der Waals surface area contributed by atoms with E-state index >= 15 is 0 Å². The van der Waals surface area contributed by atoms with Crippen LogP contribution in [0.3, 0.4) is 0 Å². The van der Waals surface area contributed by atoms with E-state index in [-0.39, 0.29) is 18.4 Å². The minimum absolute atomic E-state index is 0.0835. The fourth-order valence-electron chi connectivity index (χ4n) is 4.98. The highest BCUT2D eigenvalue weighted by Gasteiger charge is 2.63.